The standard InChI is InChI=1S/C16H18F3N5O2/c1-10-8-23(9-11-6-21-22-14(11)15(25)26)4-5-24(10)13-3-2-12(7-20-13)16(17,18)19/h2-3,6-7,10H,4-5,8-9H2,1H3,(H,21,22)(H,25,26)/t10-/m1/s1. The lowest BCUT2D eigenvalue weighted by Crippen LogP contribution is -2.52. The molecule has 0 saturated carbocycles. The van der Waals surface area contributed by atoms with Gasteiger partial charge in [-0.3, -0.25) is 10.00 Å². The van der Waals surface area contributed by atoms with Crippen molar-refractivity contribution in [3.63, 3.8) is 0 Å². The molecule has 0 spiro atoms. The molecule has 7 nitrogen and oxygen atoms in total. The van der Waals surface area contributed by atoms with Crippen LogP contribution >= 0.6 is 0 Å². The van der Waals surface area contributed by atoms with Crippen molar-refractivity contribution < 1.29 is 23.1 Å². The van der Waals surface area contributed by atoms with Crippen LogP contribution in [0.15, 0.2) is 24.5 Å². The number of aromatic carboxylic acids is 1. The molecule has 1 fully saturated rings. The van der Waals surface area contributed by atoms with Gasteiger partial charge in [-0.2, -0.15) is 18.3 Å². The van der Waals surface area contributed by atoms with Crippen molar-refractivity contribution in [2.45, 2.75) is 25.7 Å². The summed E-state index contributed by atoms with van der Waals surface area (Å²) in [7, 11) is 0. The van der Waals surface area contributed by atoms with Gasteiger partial charge in [-0.1, -0.05) is 0 Å². The predicted octanol–water partition coefficient (Wildman–Crippen LogP) is 2.23. The number of carbonyl (C=O) groups is 1. The summed E-state index contributed by atoms with van der Waals surface area (Å²) in [6.45, 7) is 4.25. The second-order valence-corrected chi connectivity index (χ2v) is 6.26. The summed E-state index contributed by atoms with van der Waals surface area (Å²) in [6.07, 6.45) is -2.06. The monoisotopic (exact) mass is 369 g/mol. The number of rotatable bonds is 4. The zero-order chi connectivity index (χ0) is 18.9. The third-order valence-corrected chi connectivity index (χ3v) is 4.41. The van der Waals surface area contributed by atoms with Crippen LogP contribution in [0.4, 0.5) is 19.0 Å². The van der Waals surface area contributed by atoms with Crippen LogP contribution in [0, 0.1) is 0 Å². The van der Waals surface area contributed by atoms with E-state index < -0.39 is 17.7 Å². The highest BCUT2D eigenvalue weighted by Gasteiger charge is 2.32. The molecule has 140 valence electrons. The Morgan fingerprint density at radius 1 is 1.35 bits per heavy atom. The average molecular weight is 369 g/mol. The maximum Gasteiger partial charge on any atom is 0.417 e. The van der Waals surface area contributed by atoms with E-state index in [1.54, 1.807) is 0 Å². The number of nitrogens with zero attached hydrogens (tertiary/aromatic N) is 4. The molecule has 0 bridgehead atoms. The van der Waals surface area contributed by atoms with Gasteiger partial charge < -0.3 is 10.0 Å². The molecule has 0 unspecified atom stereocenters. The Balaban J connectivity index is 1.65. The number of carboxylic acid groups (broad SMARTS) is 1. The van der Waals surface area contributed by atoms with Gasteiger partial charge in [0, 0.05) is 44.0 Å². The van der Waals surface area contributed by atoms with Gasteiger partial charge in [0.05, 0.1) is 11.8 Å². The fraction of sp³-hybridized carbons (Fsp3) is 0.438. The van der Waals surface area contributed by atoms with E-state index in [1.165, 1.54) is 12.3 Å². The van der Waals surface area contributed by atoms with E-state index in [0.717, 1.165) is 12.3 Å². The first-order valence-corrected chi connectivity index (χ1v) is 8.03. The zero-order valence-electron chi connectivity index (χ0n) is 14.0. The molecule has 1 atom stereocenters. The van der Waals surface area contributed by atoms with Gasteiger partial charge in [-0.05, 0) is 19.1 Å². The molecule has 26 heavy (non-hydrogen) atoms. The minimum absolute atomic E-state index is 0.0214. The highest BCUT2D eigenvalue weighted by atomic mass is 19.4. The molecule has 0 aromatic carbocycles. The molecule has 10 heteroatoms. The van der Waals surface area contributed by atoms with Crippen LogP contribution in [0.5, 0.6) is 0 Å². The minimum Gasteiger partial charge on any atom is -0.477 e. The van der Waals surface area contributed by atoms with Crippen molar-refractivity contribution in [2.24, 2.45) is 0 Å². The number of hydrogen-bond acceptors (Lipinski definition) is 5. The summed E-state index contributed by atoms with van der Waals surface area (Å²) in [5, 5.41) is 15.4. The number of halogens is 3. The van der Waals surface area contributed by atoms with Crippen LogP contribution in [0.2, 0.25) is 0 Å². The number of hydrogen-bond donors (Lipinski definition) is 2. The Morgan fingerprint density at radius 3 is 2.69 bits per heavy atom. The molecule has 1 aliphatic heterocycles. The maximum atomic E-state index is 12.6. The summed E-state index contributed by atoms with van der Waals surface area (Å²) < 4.78 is 37.9. The van der Waals surface area contributed by atoms with Gasteiger partial charge in [0.1, 0.15) is 11.5 Å². The lowest BCUT2D eigenvalue weighted by atomic mass is 10.1. The van der Waals surface area contributed by atoms with Crippen molar-refractivity contribution in [1.29, 1.82) is 0 Å². The molecule has 2 N–H and O–H groups in total. The Morgan fingerprint density at radius 2 is 2.12 bits per heavy atom. The van der Waals surface area contributed by atoms with E-state index in [9.17, 15) is 18.0 Å². The molecular formula is C16H18F3N5O2. The number of carboxylic acids is 1. The van der Waals surface area contributed by atoms with E-state index in [-0.39, 0.29) is 11.7 Å². The van der Waals surface area contributed by atoms with Crippen LogP contribution in [0.25, 0.3) is 0 Å². The normalized spacial score (nSPS) is 18.9. The summed E-state index contributed by atoms with van der Waals surface area (Å²) in [6, 6.07) is 2.44. The van der Waals surface area contributed by atoms with Gasteiger partial charge in [0.25, 0.3) is 0 Å². The minimum atomic E-state index is -4.40. The maximum absolute atomic E-state index is 12.6. The highest BCUT2D eigenvalue weighted by molar-refractivity contribution is 5.86. The van der Waals surface area contributed by atoms with E-state index in [1.807, 2.05) is 11.8 Å². The average Bonchev–Trinajstić information content (AvgIpc) is 3.03. The fourth-order valence-electron chi connectivity index (χ4n) is 3.10. The summed E-state index contributed by atoms with van der Waals surface area (Å²) in [4.78, 5) is 19.1. The molecule has 1 aliphatic rings. The van der Waals surface area contributed by atoms with Crippen molar-refractivity contribution in [2.75, 3.05) is 24.5 Å². The van der Waals surface area contributed by atoms with E-state index in [4.69, 9.17) is 5.11 Å². The van der Waals surface area contributed by atoms with Crippen LogP contribution in [0.1, 0.15) is 28.5 Å². The van der Waals surface area contributed by atoms with Gasteiger partial charge in [0.15, 0.2) is 0 Å². The van der Waals surface area contributed by atoms with Crippen LogP contribution in [-0.4, -0.2) is 56.8 Å². The SMILES string of the molecule is C[C@@H]1CN(Cc2cn[nH]c2C(=O)O)CCN1c1ccc(C(F)(F)F)cn1. The number of H-pyrrole nitrogens is 1. The topological polar surface area (TPSA) is 85.3 Å². The molecule has 3 rings (SSSR count). The van der Waals surface area contributed by atoms with E-state index in [2.05, 4.69) is 20.1 Å². The molecule has 0 radical (unpaired) electrons. The van der Waals surface area contributed by atoms with Crippen LogP contribution < -0.4 is 4.90 Å². The molecule has 3 heterocycles. The third kappa shape index (κ3) is 3.79. The number of aromatic amines is 1. The van der Waals surface area contributed by atoms with Crippen molar-refractivity contribution in [3.8, 4) is 0 Å². The highest BCUT2D eigenvalue weighted by Crippen LogP contribution is 2.30. The number of pyridine rings is 1. The van der Waals surface area contributed by atoms with Gasteiger partial charge in [-0.25, -0.2) is 9.78 Å². The van der Waals surface area contributed by atoms with Gasteiger partial charge >= 0.3 is 12.1 Å². The second kappa shape index (κ2) is 6.94. The Hall–Kier alpha value is -2.62. The second-order valence-electron chi connectivity index (χ2n) is 6.26. The predicted molar refractivity (Wildman–Crippen MR) is 86.9 cm³/mol. The first-order chi connectivity index (χ1) is 12.3. The smallest absolute Gasteiger partial charge is 0.417 e. The van der Waals surface area contributed by atoms with Crippen LogP contribution in [-0.2, 0) is 12.7 Å². The van der Waals surface area contributed by atoms with Gasteiger partial charge in [0.2, 0.25) is 0 Å². The molecule has 1 saturated heterocycles. The van der Waals surface area contributed by atoms with Crippen LogP contribution in [0.3, 0.4) is 0 Å². The third-order valence-electron chi connectivity index (χ3n) is 4.41. The molecule has 0 amide bonds. The lowest BCUT2D eigenvalue weighted by molar-refractivity contribution is -0.137. The summed E-state index contributed by atoms with van der Waals surface area (Å²) in [5.74, 6) is -0.558. The Bertz CT molecular complexity index is 775. The lowest BCUT2D eigenvalue weighted by Gasteiger charge is -2.40. The Labute approximate surface area is 147 Å². The number of nitrogens with one attached hydrogen (secondary N) is 1. The number of anilines is 1. The Kier molecular flexibility index (Phi) is 4.86. The van der Waals surface area contributed by atoms with Crippen molar-refractivity contribution >= 4 is 11.8 Å². The van der Waals surface area contributed by atoms with E-state index in [0.29, 0.717) is 37.6 Å². The summed E-state index contributed by atoms with van der Waals surface area (Å²) >= 11 is 0. The fourth-order valence-corrected chi connectivity index (χ4v) is 3.10. The number of alkyl halides is 3. The van der Waals surface area contributed by atoms with Crippen molar-refractivity contribution in [1.82, 2.24) is 20.1 Å². The quantitative estimate of drug-likeness (QED) is 0.860. The number of piperazine rings is 1. The zero-order valence-corrected chi connectivity index (χ0v) is 14.0. The van der Waals surface area contributed by atoms with Gasteiger partial charge in [-0.15, -0.1) is 0 Å². The first kappa shape index (κ1) is 18.2. The molecular weight excluding hydrogens is 351 g/mol. The molecule has 0 aliphatic carbocycles. The molecule has 2 aromatic rings. The van der Waals surface area contributed by atoms with E-state index >= 15 is 0 Å². The van der Waals surface area contributed by atoms with Crippen molar-refractivity contribution in [3.05, 3.63) is 41.3 Å². The summed E-state index contributed by atoms with van der Waals surface area (Å²) in [5.41, 5.74) is -0.0935. The molecule has 2 aromatic heterocycles. The first-order valence-electron chi connectivity index (χ1n) is 8.03. The largest absolute Gasteiger partial charge is 0.477 e. The number of aromatic nitrogens is 3.